The minimum Gasteiger partial charge on any atom is -0.389 e. The molecule has 1 saturated heterocycles. The predicted molar refractivity (Wildman–Crippen MR) is 74.3 cm³/mol. The number of aliphatic hydroxyl groups is 1. The Hall–Kier alpha value is -0.770. The first-order chi connectivity index (χ1) is 8.61. The molecular formula is C14H20ClNO2. The van der Waals surface area contributed by atoms with Gasteiger partial charge in [0.2, 0.25) is 0 Å². The first-order valence-electron chi connectivity index (χ1n) is 6.37. The molecule has 2 atom stereocenters. The number of anilines is 1. The molecule has 18 heavy (non-hydrogen) atoms. The van der Waals surface area contributed by atoms with Crippen LogP contribution in [0.5, 0.6) is 0 Å². The number of aliphatic hydroxyl groups excluding tert-OH is 1. The van der Waals surface area contributed by atoms with Crippen LogP contribution in [0.2, 0.25) is 5.02 Å². The van der Waals surface area contributed by atoms with Crippen molar-refractivity contribution in [1.29, 1.82) is 0 Å². The van der Waals surface area contributed by atoms with Crippen LogP contribution >= 0.6 is 11.6 Å². The summed E-state index contributed by atoms with van der Waals surface area (Å²) in [5.74, 6) is 0. The summed E-state index contributed by atoms with van der Waals surface area (Å²) in [5, 5.41) is 10.2. The van der Waals surface area contributed by atoms with E-state index < -0.39 is 6.10 Å². The van der Waals surface area contributed by atoms with Crippen LogP contribution in [0.25, 0.3) is 0 Å². The first kappa shape index (κ1) is 13.7. The Morgan fingerprint density at radius 2 is 2.28 bits per heavy atom. The van der Waals surface area contributed by atoms with Gasteiger partial charge in [-0.2, -0.15) is 0 Å². The number of ether oxygens (including phenoxy) is 1. The molecule has 2 rings (SSSR count). The van der Waals surface area contributed by atoms with Crippen LogP contribution in [0.1, 0.15) is 31.4 Å². The molecule has 1 unspecified atom stereocenters. The van der Waals surface area contributed by atoms with Gasteiger partial charge in [0.25, 0.3) is 0 Å². The van der Waals surface area contributed by atoms with E-state index in [0.717, 1.165) is 37.2 Å². The van der Waals surface area contributed by atoms with E-state index in [0.29, 0.717) is 5.02 Å². The van der Waals surface area contributed by atoms with Crippen molar-refractivity contribution in [3.8, 4) is 0 Å². The van der Waals surface area contributed by atoms with E-state index in [9.17, 15) is 5.11 Å². The van der Waals surface area contributed by atoms with Crippen molar-refractivity contribution >= 4 is 17.3 Å². The van der Waals surface area contributed by atoms with Crippen molar-refractivity contribution in [1.82, 2.24) is 0 Å². The average molecular weight is 270 g/mol. The zero-order valence-corrected chi connectivity index (χ0v) is 11.7. The maximum atomic E-state index is 9.54. The molecule has 1 aromatic carbocycles. The topological polar surface area (TPSA) is 32.7 Å². The van der Waals surface area contributed by atoms with Gasteiger partial charge >= 0.3 is 0 Å². The van der Waals surface area contributed by atoms with Crippen molar-refractivity contribution in [3.05, 3.63) is 28.8 Å². The zero-order valence-electron chi connectivity index (χ0n) is 10.9. The molecule has 0 amide bonds. The predicted octanol–water partition coefficient (Wildman–Crippen LogP) is 3.01. The quantitative estimate of drug-likeness (QED) is 0.916. The summed E-state index contributed by atoms with van der Waals surface area (Å²) in [6, 6.07) is 5.77. The molecule has 0 radical (unpaired) electrons. The highest BCUT2D eigenvalue weighted by Gasteiger charge is 2.21. The van der Waals surface area contributed by atoms with E-state index in [1.54, 1.807) is 14.0 Å². The van der Waals surface area contributed by atoms with Crippen LogP contribution in [0, 0.1) is 0 Å². The van der Waals surface area contributed by atoms with Crippen LogP contribution in [0.4, 0.5) is 5.69 Å². The highest BCUT2D eigenvalue weighted by atomic mass is 35.5. The summed E-state index contributed by atoms with van der Waals surface area (Å²) in [5.41, 5.74) is 1.88. The molecule has 0 saturated carbocycles. The van der Waals surface area contributed by atoms with E-state index in [1.807, 2.05) is 18.2 Å². The fraction of sp³-hybridized carbons (Fsp3) is 0.571. The first-order valence-corrected chi connectivity index (χ1v) is 6.75. The van der Waals surface area contributed by atoms with Gasteiger partial charge in [0, 0.05) is 20.2 Å². The molecule has 0 bridgehead atoms. The van der Waals surface area contributed by atoms with Gasteiger partial charge in [0.05, 0.1) is 22.9 Å². The normalized spacial score (nSPS) is 22.0. The van der Waals surface area contributed by atoms with Crippen molar-refractivity contribution in [3.63, 3.8) is 0 Å². The van der Waals surface area contributed by atoms with Crippen LogP contribution in [-0.4, -0.2) is 31.4 Å². The Kier molecular flexibility index (Phi) is 4.49. The largest absolute Gasteiger partial charge is 0.389 e. The van der Waals surface area contributed by atoms with Gasteiger partial charge in [-0.15, -0.1) is 0 Å². The number of hydrogen-bond acceptors (Lipinski definition) is 3. The minimum absolute atomic E-state index is 0.284. The highest BCUT2D eigenvalue weighted by Crippen LogP contribution is 2.31. The van der Waals surface area contributed by atoms with Gasteiger partial charge in [-0.3, -0.25) is 0 Å². The Morgan fingerprint density at radius 1 is 1.50 bits per heavy atom. The molecule has 1 heterocycles. The van der Waals surface area contributed by atoms with Crippen LogP contribution in [0.15, 0.2) is 18.2 Å². The Labute approximate surface area is 113 Å². The second kappa shape index (κ2) is 5.91. The van der Waals surface area contributed by atoms with E-state index >= 15 is 0 Å². The third-order valence-corrected chi connectivity index (χ3v) is 3.81. The fourth-order valence-electron chi connectivity index (χ4n) is 2.39. The number of nitrogens with zero attached hydrogens (tertiary/aromatic N) is 1. The maximum Gasteiger partial charge on any atom is 0.0762 e. The van der Waals surface area contributed by atoms with Gasteiger partial charge in [0.15, 0.2) is 0 Å². The van der Waals surface area contributed by atoms with Crippen LogP contribution in [0.3, 0.4) is 0 Å². The molecule has 1 aliphatic rings. The summed E-state index contributed by atoms with van der Waals surface area (Å²) >= 11 is 6.30. The standard InChI is InChI=1S/C14H20ClNO2/c1-10(17)11-5-6-14(13(15)8-11)16-7-3-4-12(9-16)18-2/h5-6,8,10,12,17H,3-4,7,9H2,1-2H3/t10-,12?/m1/s1. The van der Waals surface area contributed by atoms with Crippen molar-refractivity contribution < 1.29 is 9.84 Å². The molecule has 1 N–H and O–H groups in total. The summed E-state index contributed by atoms with van der Waals surface area (Å²) in [6.07, 6.45) is 2.03. The molecule has 0 aromatic heterocycles. The summed E-state index contributed by atoms with van der Waals surface area (Å²) in [7, 11) is 1.76. The molecule has 0 spiro atoms. The van der Waals surface area contributed by atoms with Crippen molar-refractivity contribution in [2.45, 2.75) is 32.0 Å². The third-order valence-electron chi connectivity index (χ3n) is 3.51. The molecular weight excluding hydrogens is 250 g/mol. The lowest BCUT2D eigenvalue weighted by Crippen LogP contribution is -2.39. The Morgan fingerprint density at radius 3 is 2.89 bits per heavy atom. The Balaban J connectivity index is 2.17. The number of halogens is 1. The van der Waals surface area contributed by atoms with E-state index in [-0.39, 0.29) is 6.10 Å². The highest BCUT2D eigenvalue weighted by molar-refractivity contribution is 6.33. The molecule has 1 aromatic rings. The number of piperidine rings is 1. The lowest BCUT2D eigenvalue weighted by Gasteiger charge is -2.34. The lowest BCUT2D eigenvalue weighted by molar-refractivity contribution is 0.0893. The zero-order chi connectivity index (χ0) is 13.1. The molecule has 4 heteroatoms. The number of rotatable bonds is 3. The van der Waals surface area contributed by atoms with Gasteiger partial charge in [0.1, 0.15) is 0 Å². The summed E-state index contributed by atoms with van der Waals surface area (Å²) < 4.78 is 5.42. The smallest absolute Gasteiger partial charge is 0.0762 e. The van der Waals surface area contributed by atoms with Gasteiger partial charge in [-0.1, -0.05) is 17.7 Å². The number of methoxy groups -OCH3 is 1. The molecule has 0 aliphatic carbocycles. The molecule has 100 valence electrons. The average Bonchev–Trinajstić information content (AvgIpc) is 2.38. The van der Waals surface area contributed by atoms with Crippen molar-refractivity contribution in [2.75, 3.05) is 25.1 Å². The molecule has 1 aliphatic heterocycles. The van der Waals surface area contributed by atoms with E-state index in [1.165, 1.54) is 0 Å². The SMILES string of the molecule is COC1CCCN(c2ccc([C@@H](C)O)cc2Cl)C1. The second-order valence-corrected chi connectivity index (χ2v) is 5.24. The maximum absolute atomic E-state index is 9.54. The number of hydrogen-bond donors (Lipinski definition) is 1. The lowest BCUT2D eigenvalue weighted by atomic mass is 10.1. The minimum atomic E-state index is -0.482. The summed E-state index contributed by atoms with van der Waals surface area (Å²) in [6.45, 7) is 3.63. The monoisotopic (exact) mass is 269 g/mol. The third kappa shape index (κ3) is 2.97. The van der Waals surface area contributed by atoms with Crippen LogP contribution < -0.4 is 4.90 Å². The van der Waals surface area contributed by atoms with E-state index in [4.69, 9.17) is 16.3 Å². The Bertz CT molecular complexity index is 409. The summed E-state index contributed by atoms with van der Waals surface area (Å²) in [4.78, 5) is 2.26. The fourth-order valence-corrected chi connectivity index (χ4v) is 2.70. The molecule has 1 fully saturated rings. The van der Waals surface area contributed by atoms with Gasteiger partial charge in [-0.05, 0) is 37.5 Å². The van der Waals surface area contributed by atoms with Gasteiger partial charge in [-0.25, -0.2) is 0 Å². The second-order valence-electron chi connectivity index (χ2n) is 4.83. The van der Waals surface area contributed by atoms with Gasteiger partial charge < -0.3 is 14.7 Å². The molecule has 3 nitrogen and oxygen atoms in total. The van der Waals surface area contributed by atoms with E-state index in [2.05, 4.69) is 4.90 Å². The van der Waals surface area contributed by atoms with Crippen molar-refractivity contribution in [2.24, 2.45) is 0 Å². The van der Waals surface area contributed by atoms with Crippen LogP contribution in [-0.2, 0) is 4.74 Å². The number of benzene rings is 1.